The molecule has 1 aliphatic carbocycles. The van der Waals surface area contributed by atoms with Crippen molar-refractivity contribution in [2.75, 3.05) is 0 Å². The van der Waals surface area contributed by atoms with Crippen molar-refractivity contribution in [1.82, 2.24) is 0 Å². The molecular weight excluding hydrogens is 118 g/mol. The predicted molar refractivity (Wildman–Crippen MR) is 29.5 cm³/mol. The van der Waals surface area contributed by atoms with Crippen molar-refractivity contribution < 1.29 is 9.90 Å². The summed E-state index contributed by atoms with van der Waals surface area (Å²) < 4.78 is 0. The summed E-state index contributed by atoms with van der Waals surface area (Å²) in [7, 11) is 0. The average Bonchev–Trinajstić information content (AvgIpc) is 2.49. The van der Waals surface area contributed by atoms with Gasteiger partial charge in [-0.15, -0.1) is 0 Å². The zero-order chi connectivity index (χ0) is 6.91. The molecule has 0 radical (unpaired) electrons. The Balaban J connectivity index is 2.55. The summed E-state index contributed by atoms with van der Waals surface area (Å²) in [6.07, 6.45) is 1.52. The zero-order valence-corrected chi connectivity index (χ0v) is 4.92. The number of carboxylic acid groups (broad SMARTS) is 1. The van der Waals surface area contributed by atoms with Crippen LogP contribution in [0.25, 0.3) is 0 Å². The lowest BCUT2D eigenvalue weighted by Crippen LogP contribution is -2.13. The van der Waals surface area contributed by atoms with Crippen LogP contribution in [0, 0.1) is 16.7 Å². The molecule has 0 heterocycles. The second-order valence-electron chi connectivity index (χ2n) is 2.42. The number of carboxylic acids is 1. The highest BCUT2D eigenvalue weighted by Gasteiger charge is 2.49. The molecule has 0 aliphatic heterocycles. The van der Waals surface area contributed by atoms with Crippen LogP contribution in [-0.2, 0) is 4.79 Å². The van der Waals surface area contributed by atoms with Crippen molar-refractivity contribution in [2.45, 2.75) is 19.3 Å². The Bertz CT molecular complexity index is 176. The van der Waals surface area contributed by atoms with Crippen molar-refractivity contribution in [2.24, 2.45) is 5.41 Å². The summed E-state index contributed by atoms with van der Waals surface area (Å²) >= 11 is 0. The van der Waals surface area contributed by atoms with Gasteiger partial charge in [-0.1, -0.05) is 0 Å². The van der Waals surface area contributed by atoms with Gasteiger partial charge in [0.25, 0.3) is 0 Å². The highest BCUT2D eigenvalue weighted by Crippen LogP contribution is 2.48. The van der Waals surface area contributed by atoms with Crippen LogP contribution in [0.15, 0.2) is 0 Å². The van der Waals surface area contributed by atoms with Gasteiger partial charge in [-0.05, 0) is 12.8 Å². The molecule has 1 rings (SSSR count). The third-order valence-corrected chi connectivity index (χ3v) is 1.72. The first-order valence-corrected chi connectivity index (χ1v) is 2.82. The molecule has 3 nitrogen and oxygen atoms in total. The number of rotatable bonds is 2. The Hall–Kier alpha value is -1.04. The van der Waals surface area contributed by atoms with Gasteiger partial charge in [0.15, 0.2) is 0 Å². The standard InChI is InChI=1S/C6H7NO2/c7-4-3-6(1-2-6)5(8)9/h1-3H2,(H,8,9). The van der Waals surface area contributed by atoms with Crippen molar-refractivity contribution in [3.05, 3.63) is 0 Å². The monoisotopic (exact) mass is 125 g/mol. The molecule has 1 aliphatic rings. The smallest absolute Gasteiger partial charge is 0.310 e. The molecule has 0 aromatic carbocycles. The first kappa shape index (κ1) is 6.09. The van der Waals surface area contributed by atoms with E-state index in [2.05, 4.69) is 0 Å². The molecule has 0 atom stereocenters. The van der Waals surface area contributed by atoms with Crippen molar-refractivity contribution in [1.29, 1.82) is 5.26 Å². The van der Waals surface area contributed by atoms with E-state index in [4.69, 9.17) is 10.4 Å². The van der Waals surface area contributed by atoms with Crippen LogP contribution in [-0.4, -0.2) is 11.1 Å². The summed E-state index contributed by atoms with van der Waals surface area (Å²) in [5.74, 6) is -0.816. The summed E-state index contributed by atoms with van der Waals surface area (Å²) in [4.78, 5) is 10.3. The average molecular weight is 125 g/mol. The van der Waals surface area contributed by atoms with Gasteiger partial charge in [0.1, 0.15) is 0 Å². The van der Waals surface area contributed by atoms with Gasteiger partial charge < -0.3 is 5.11 Å². The minimum atomic E-state index is -0.816. The van der Waals surface area contributed by atoms with Crippen LogP contribution in [0.3, 0.4) is 0 Å². The zero-order valence-electron chi connectivity index (χ0n) is 4.92. The molecule has 9 heavy (non-hydrogen) atoms. The van der Waals surface area contributed by atoms with Crippen LogP contribution in [0.2, 0.25) is 0 Å². The maximum absolute atomic E-state index is 10.3. The Morgan fingerprint density at radius 3 is 2.44 bits per heavy atom. The maximum Gasteiger partial charge on any atom is 0.310 e. The van der Waals surface area contributed by atoms with E-state index in [1.807, 2.05) is 6.07 Å². The summed E-state index contributed by atoms with van der Waals surface area (Å²) in [5.41, 5.74) is -0.644. The minimum Gasteiger partial charge on any atom is -0.481 e. The second-order valence-corrected chi connectivity index (χ2v) is 2.42. The largest absolute Gasteiger partial charge is 0.481 e. The maximum atomic E-state index is 10.3. The molecule has 1 N–H and O–H groups in total. The van der Waals surface area contributed by atoms with Gasteiger partial charge in [-0.3, -0.25) is 4.79 Å². The Morgan fingerprint density at radius 1 is 1.78 bits per heavy atom. The van der Waals surface area contributed by atoms with Gasteiger partial charge in [0, 0.05) is 0 Å². The van der Waals surface area contributed by atoms with E-state index in [1.54, 1.807) is 0 Å². The van der Waals surface area contributed by atoms with Gasteiger partial charge >= 0.3 is 5.97 Å². The lowest BCUT2D eigenvalue weighted by atomic mass is 10.1. The van der Waals surface area contributed by atoms with E-state index in [1.165, 1.54) is 0 Å². The molecule has 3 heteroatoms. The van der Waals surface area contributed by atoms with Crippen molar-refractivity contribution in [3.63, 3.8) is 0 Å². The molecule has 1 saturated carbocycles. The number of nitriles is 1. The van der Waals surface area contributed by atoms with Gasteiger partial charge in [0.05, 0.1) is 17.9 Å². The Morgan fingerprint density at radius 2 is 2.33 bits per heavy atom. The second kappa shape index (κ2) is 1.73. The quantitative estimate of drug-likeness (QED) is 0.592. The fourth-order valence-electron chi connectivity index (χ4n) is 0.768. The van der Waals surface area contributed by atoms with Crippen LogP contribution in [0.4, 0.5) is 0 Å². The first-order valence-electron chi connectivity index (χ1n) is 2.82. The fourth-order valence-corrected chi connectivity index (χ4v) is 0.768. The molecule has 0 aromatic heterocycles. The van der Waals surface area contributed by atoms with Crippen LogP contribution < -0.4 is 0 Å². The lowest BCUT2D eigenvalue weighted by molar-refractivity contribution is -0.143. The Labute approximate surface area is 52.9 Å². The van der Waals surface area contributed by atoms with E-state index < -0.39 is 11.4 Å². The molecule has 1 fully saturated rings. The summed E-state index contributed by atoms with van der Waals surface area (Å²) in [6.45, 7) is 0. The number of aliphatic carboxylic acids is 1. The summed E-state index contributed by atoms with van der Waals surface area (Å²) in [5, 5.41) is 16.7. The number of hydrogen-bond acceptors (Lipinski definition) is 2. The highest BCUT2D eigenvalue weighted by atomic mass is 16.4. The predicted octanol–water partition coefficient (Wildman–Crippen LogP) is 0.765. The Kier molecular flexibility index (Phi) is 1.17. The molecular formula is C6H7NO2. The molecule has 0 amide bonds. The highest BCUT2D eigenvalue weighted by molar-refractivity contribution is 5.78. The van der Waals surface area contributed by atoms with E-state index in [0.717, 1.165) is 0 Å². The number of nitrogens with zero attached hydrogens (tertiary/aromatic N) is 1. The number of carbonyl (C=O) groups is 1. The van der Waals surface area contributed by atoms with Crippen molar-refractivity contribution >= 4 is 5.97 Å². The molecule has 0 saturated heterocycles. The molecule has 0 bridgehead atoms. The molecule has 0 spiro atoms. The van der Waals surface area contributed by atoms with Crippen LogP contribution in [0.1, 0.15) is 19.3 Å². The van der Waals surface area contributed by atoms with E-state index in [9.17, 15) is 4.79 Å². The summed E-state index contributed by atoms with van der Waals surface area (Å²) in [6, 6.07) is 1.87. The first-order chi connectivity index (χ1) is 4.21. The van der Waals surface area contributed by atoms with E-state index >= 15 is 0 Å². The molecule has 48 valence electrons. The van der Waals surface area contributed by atoms with Gasteiger partial charge in [-0.2, -0.15) is 5.26 Å². The fraction of sp³-hybridized carbons (Fsp3) is 0.667. The lowest BCUT2D eigenvalue weighted by Gasteiger charge is -1.99. The van der Waals surface area contributed by atoms with Crippen LogP contribution >= 0.6 is 0 Å². The third-order valence-electron chi connectivity index (χ3n) is 1.72. The minimum absolute atomic E-state index is 0.169. The van der Waals surface area contributed by atoms with E-state index in [0.29, 0.717) is 12.8 Å². The molecule has 0 aromatic rings. The molecule has 0 unspecified atom stereocenters. The normalized spacial score (nSPS) is 20.3. The third kappa shape index (κ3) is 0.879. The van der Waals surface area contributed by atoms with Crippen molar-refractivity contribution in [3.8, 4) is 6.07 Å². The van der Waals surface area contributed by atoms with Gasteiger partial charge in [-0.25, -0.2) is 0 Å². The number of hydrogen-bond donors (Lipinski definition) is 1. The van der Waals surface area contributed by atoms with Gasteiger partial charge in [0.2, 0.25) is 0 Å². The topological polar surface area (TPSA) is 61.1 Å². The van der Waals surface area contributed by atoms with Crippen LogP contribution in [0.5, 0.6) is 0 Å². The SMILES string of the molecule is N#CCC1(C(=O)O)CC1. The van der Waals surface area contributed by atoms with E-state index in [-0.39, 0.29) is 6.42 Å².